The number of hydrogen-bond acceptors (Lipinski definition) is 0. The summed E-state index contributed by atoms with van der Waals surface area (Å²) in [5.41, 5.74) is 4.09. The standard InChI is InChI=1S/C21H21IS/c1-16-10-4-7-13-19(16)23(22,20-14-8-5-11-17(20)2)21-15-9-6-12-18(21)3/h4-15H,1-3H3. The van der Waals surface area contributed by atoms with Crippen molar-refractivity contribution in [3.63, 3.8) is 0 Å². The molecule has 0 bridgehead atoms. The molecule has 3 aromatic rings. The first kappa shape index (κ1) is 16.6. The Kier molecular flexibility index (Phi) is 4.83. The maximum atomic E-state index is 2.73. The minimum absolute atomic E-state index is 1.30. The number of benzene rings is 3. The lowest BCUT2D eigenvalue weighted by atomic mass is 10.2. The molecule has 0 aliphatic carbocycles. The summed E-state index contributed by atoms with van der Waals surface area (Å²) in [7, 11) is -1.30. The largest absolute Gasteiger partial charge is 0.105 e. The highest BCUT2D eigenvalue weighted by Crippen LogP contribution is 2.76. The topological polar surface area (TPSA) is 0 Å². The molecule has 0 heterocycles. The Morgan fingerprint density at radius 1 is 0.522 bits per heavy atom. The molecule has 0 atom stereocenters. The molecule has 0 nitrogen and oxygen atoms in total. The summed E-state index contributed by atoms with van der Waals surface area (Å²) in [6, 6.07) is 26.5. The Bertz CT molecular complexity index is 728. The number of halogens is 1. The highest BCUT2D eigenvalue weighted by Gasteiger charge is 2.31. The summed E-state index contributed by atoms with van der Waals surface area (Å²) < 4.78 is 0. The quantitative estimate of drug-likeness (QED) is 0.383. The molecule has 0 radical (unpaired) electrons. The van der Waals surface area contributed by atoms with E-state index in [1.807, 2.05) is 0 Å². The summed E-state index contributed by atoms with van der Waals surface area (Å²) in [4.78, 5) is 4.35. The van der Waals surface area contributed by atoms with Gasteiger partial charge in [0.25, 0.3) is 0 Å². The normalized spacial score (nSPS) is 12.2. The van der Waals surface area contributed by atoms with Crippen LogP contribution in [0.15, 0.2) is 87.5 Å². The van der Waals surface area contributed by atoms with Gasteiger partial charge in [-0.1, -0.05) is 54.6 Å². The van der Waals surface area contributed by atoms with Crippen LogP contribution in [0.3, 0.4) is 0 Å². The van der Waals surface area contributed by atoms with Crippen molar-refractivity contribution in [2.24, 2.45) is 0 Å². The number of hydrogen-bond donors (Lipinski definition) is 0. The average molecular weight is 432 g/mol. The molecule has 0 N–H and O–H groups in total. The first-order valence-corrected chi connectivity index (χ1v) is 11.9. The van der Waals surface area contributed by atoms with E-state index in [2.05, 4.69) is 115 Å². The van der Waals surface area contributed by atoms with Crippen molar-refractivity contribution in [3.8, 4) is 0 Å². The van der Waals surface area contributed by atoms with Gasteiger partial charge < -0.3 is 0 Å². The molecule has 0 amide bonds. The fourth-order valence-corrected chi connectivity index (χ4v) is 10.5. The molecular weight excluding hydrogens is 411 g/mol. The van der Waals surface area contributed by atoms with Crippen molar-refractivity contribution in [1.82, 2.24) is 0 Å². The second-order valence-electron chi connectivity index (χ2n) is 5.83. The van der Waals surface area contributed by atoms with Crippen LogP contribution in [0.1, 0.15) is 16.7 Å². The molecule has 0 fully saturated rings. The van der Waals surface area contributed by atoms with Crippen LogP contribution >= 0.6 is 28.4 Å². The molecule has 23 heavy (non-hydrogen) atoms. The minimum atomic E-state index is -1.30. The van der Waals surface area contributed by atoms with Gasteiger partial charge in [0.15, 0.2) is 0 Å². The predicted octanol–water partition coefficient (Wildman–Crippen LogP) is 7.24. The monoisotopic (exact) mass is 432 g/mol. The smallest absolute Gasteiger partial charge is 0.00996 e. The Labute approximate surface area is 152 Å². The molecule has 0 aliphatic rings. The van der Waals surface area contributed by atoms with Gasteiger partial charge in [0.1, 0.15) is 0 Å². The Morgan fingerprint density at radius 3 is 1.04 bits per heavy atom. The fraction of sp³-hybridized carbons (Fsp3) is 0.143. The van der Waals surface area contributed by atoms with E-state index in [1.54, 1.807) is 0 Å². The summed E-state index contributed by atoms with van der Waals surface area (Å²) in [6.07, 6.45) is 0. The zero-order valence-corrected chi connectivity index (χ0v) is 16.7. The van der Waals surface area contributed by atoms with Crippen LogP contribution in [0, 0.1) is 20.8 Å². The van der Waals surface area contributed by atoms with Gasteiger partial charge in [-0.3, -0.25) is 0 Å². The lowest BCUT2D eigenvalue weighted by molar-refractivity contribution is 1.20. The van der Waals surface area contributed by atoms with Gasteiger partial charge >= 0.3 is 0 Å². The number of rotatable bonds is 3. The highest BCUT2D eigenvalue weighted by molar-refractivity contribution is 14.2. The van der Waals surface area contributed by atoms with Crippen molar-refractivity contribution in [3.05, 3.63) is 89.5 Å². The molecule has 3 rings (SSSR count). The number of aryl methyl sites for hydroxylation is 3. The lowest BCUT2D eigenvalue weighted by Crippen LogP contribution is -2.01. The van der Waals surface area contributed by atoms with Gasteiger partial charge in [-0.2, -0.15) is 0 Å². The van der Waals surface area contributed by atoms with E-state index < -0.39 is 7.20 Å². The molecule has 3 aromatic carbocycles. The second kappa shape index (κ2) is 6.70. The molecule has 118 valence electrons. The summed E-state index contributed by atoms with van der Waals surface area (Å²) in [5, 5.41) is 0. The van der Waals surface area contributed by atoms with Crippen molar-refractivity contribution in [2.75, 3.05) is 0 Å². The van der Waals surface area contributed by atoms with E-state index in [0.717, 1.165) is 0 Å². The molecule has 0 unspecified atom stereocenters. The summed E-state index contributed by atoms with van der Waals surface area (Å²) in [6.45, 7) is 6.69. The van der Waals surface area contributed by atoms with Gasteiger partial charge in [0, 0.05) is 14.7 Å². The van der Waals surface area contributed by atoms with Crippen LogP contribution in [0.5, 0.6) is 0 Å². The molecule has 0 saturated carbocycles. The van der Waals surface area contributed by atoms with Gasteiger partial charge in [-0.15, -0.1) is 7.20 Å². The van der Waals surface area contributed by atoms with E-state index in [9.17, 15) is 0 Å². The average Bonchev–Trinajstić information content (AvgIpc) is 2.55. The first-order chi connectivity index (χ1) is 11.0. The first-order valence-electron chi connectivity index (χ1n) is 7.75. The summed E-state index contributed by atoms with van der Waals surface area (Å²) >= 11 is 2.73. The predicted molar refractivity (Wildman–Crippen MR) is 110 cm³/mol. The van der Waals surface area contributed by atoms with Gasteiger partial charge in [-0.05, 0) is 76.9 Å². The van der Waals surface area contributed by atoms with Crippen LogP contribution in [0.2, 0.25) is 0 Å². The Balaban J connectivity index is 2.38. The molecular formula is C21H21IS. The van der Waals surface area contributed by atoms with E-state index in [4.69, 9.17) is 0 Å². The molecule has 0 aliphatic heterocycles. The minimum Gasteiger partial charge on any atom is -0.105 e. The van der Waals surface area contributed by atoms with Gasteiger partial charge in [0.2, 0.25) is 0 Å². The third-order valence-electron chi connectivity index (χ3n) is 4.19. The molecule has 2 heteroatoms. The third kappa shape index (κ3) is 2.94. The maximum Gasteiger partial charge on any atom is 0.00996 e. The van der Waals surface area contributed by atoms with Crippen LogP contribution in [-0.4, -0.2) is 0 Å². The van der Waals surface area contributed by atoms with Crippen LogP contribution in [-0.2, 0) is 0 Å². The Hall–Kier alpha value is -1.26. The van der Waals surface area contributed by atoms with Gasteiger partial charge in [0.05, 0.1) is 0 Å². The van der Waals surface area contributed by atoms with Crippen LogP contribution in [0.4, 0.5) is 0 Å². The van der Waals surface area contributed by atoms with E-state index in [1.165, 1.54) is 31.4 Å². The van der Waals surface area contributed by atoms with Gasteiger partial charge in [-0.25, -0.2) is 0 Å². The molecule has 0 saturated heterocycles. The SMILES string of the molecule is Cc1ccccc1S(I)(c1ccccc1C)c1ccccc1C. The molecule has 0 spiro atoms. The molecule has 0 aromatic heterocycles. The third-order valence-corrected chi connectivity index (χ3v) is 11.7. The maximum absolute atomic E-state index is 2.73. The Morgan fingerprint density at radius 2 is 0.783 bits per heavy atom. The van der Waals surface area contributed by atoms with Crippen molar-refractivity contribution < 1.29 is 0 Å². The van der Waals surface area contributed by atoms with E-state index in [0.29, 0.717) is 0 Å². The second-order valence-corrected chi connectivity index (χ2v) is 12.2. The van der Waals surface area contributed by atoms with Crippen molar-refractivity contribution in [2.45, 2.75) is 35.5 Å². The fourth-order valence-electron chi connectivity index (χ4n) is 2.97. The van der Waals surface area contributed by atoms with E-state index >= 15 is 0 Å². The van der Waals surface area contributed by atoms with Crippen LogP contribution in [0.25, 0.3) is 0 Å². The summed E-state index contributed by atoms with van der Waals surface area (Å²) in [5.74, 6) is 0. The lowest BCUT2D eigenvalue weighted by Gasteiger charge is -2.38. The van der Waals surface area contributed by atoms with E-state index in [-0.39, 0.29) is 0 Å². The van der Waals surface area contributed by atoms with Crippen LogP contribution < -0.4 is 0 Å². The zero-order valence-electron chi connectivity index (χ0n) is 13.7. The van der Waals surface area contributed by atoms with Crippen molar-refractivity contribution >= 4 is 28.4 Å². The zero-order chi connectivity index (χ0) is 16.4. The van der Waals surface area contributed by atoms with Crippen molar-refractivity contribution in [1.29, 1.82) is 0 Å². The highest BCUT2D eigenvalue weighted by atomic mass is 127.